The Morgan fingerprint density at radius 3 is 2.09 bits per heavy atom. The summed E-state index contributed by atoms with van der Waals surface area (Å²) in [5.74, 6) is -2.13. The molecule has 5 amide bonds. The smallest absolute Gasteiger partial charge is 0.315 e. The summed E-state index contributed by atoms with van der Waals surface area (Å²) >= 11 is 0. The van der Waals surface area contributed by atoms with Gasteiger partial charge in [-0.25, -0.2) is 13.2 Å². The lowest BCUT2D eigenvalue weighted by Crippen LogP contribution is -2.62. The maximum Gasteiger partial charge on any atom is 0.315 e. The summed E-state index contributed by atoms with van der Waals surface area (Å²) < 4.78 is 26.3. The average molecular weight is 667 g/mol. The molecule has 0 aromatic rings. The van der Waals surface area contributed by atoms with Gasteiger partial charge in [0.1, 0.15) is 12.1 Å². The first-order valence-corrected chi connectivity index (χ1v) is 18.0. The number of rotatable bonds is 13. The van der Waals surface area contributed by atoms with E-state index in [4.69, 9.17) is 0 Å². The van der Waals surface area contributed by atoms with E-state index in [0.717, 1.165) is 19.3 Å². The van der Waals surface area contributed by atoms with Gasteiger partial charge in [0, 0.05) is 32.2 Å². The lowest BCUT2D eigenvalue weighted by atomic mass is 9.80. The van der Waals surface area contributed by atoms with Crippen LogP contribution in [0.1, 0.15) is 86.5 Å². The van der Waals surface area contributed by atoms with Gasteiger partial charge < -0.3 is 26.2 Å². The zero-order valence-electron chi connectivity index (χ0n) is 28.3. The summed E-state index contributed by atoms with van der Waals surface area (Å²) in [6.07, 6.45) is 6.18. The SMILES string of the molecule is C=CCNC(=O)C(=O)C(CC1CCC1)NC(=O)[C@@H]1CCCN1C(=O)[C@@H](NC(=O)N[C@H](CN1CCCS1(=O)=O)C(C)(C)C)C(C)(C)C. The molecule has 4 atom stereocenters. The van der Waals surface area contributed by atoms with Crippen molar-refractivity contribution in [2.45, 2.75) is 111 Å². The third kappa shape index (κ3) is 9.76. The minimum atomic E-state index is -3.38. The van der Waals surface area contributed by atoms with Crippen molar-refractivity contribution in [2.24, 2.45) is 16.7 Å². The number of urea groups is 1. The molecule has 1 saturated carbocycles. The van der Waals surface area contributed by atoms with Gasteiger partial charge in [0.15, 0.2) is 0 Å². The Balaban J connectivity index is 1.73. The van der Waals surface area contributed by atoms with Crippen LogP contribution in [0.2, 0.25) is 0 Å². The maximum atomic E-state index is 14.0. The molecule has 1 unspecified atom stereocenters. The zero-order chi connectivity index (χ0) is 34.4. The number of Topliss-reactive ketones (excluding diaryl/α,β-unsaturated/α-hetero) is 1. The van der Waals surface area contributed by atoms with Crippen molar-refractivity contribution >= 4 is 39.6 Å². The minimum Gasteiger partial charge on any atom is -0.346 e. The number of nitrogens with one attached hydrogen (secondary N) is 4. The normalized spacial score (nSPS) is 22.2. The third-order valence-electron chi connectivity index (χ3n) is 9.22. The Kier molecular flexibility index (Phi) is 12.4. The number of sulfonamides is 1. The number of nitrogens with zero attached hydrogens (tertiary/aromatic N) is 2. The van der Waals surface area contributed by atoms with Gasteiger partial charge in [-0.3, -0.25) is 19.2 Å². The fraction of sp³-hybridized carbons (Fsp3) is 0.781. The number of carbonyl (C=O) groups is 5. The van der Waals surface area contributed by atoms with Gasteiger partial charge in [0.2, 0.25) is 27.6 Å². The van der Waals surface area contributed by atoms with Crippen molar-refractivity contribution in [3.63, 3.8) is 0 Å². The van der Waals surface area contributed by atoms with Gasteiger partial charge in [-0.1, -0.05) is 66.9 Å². The largest absolute Gasteiger partial charge is 0.346 e. The first kappa shape index (κ1) is 37.5. The molecule has 13 nitrogen and oxygen atoms in total. The zero-order valence-corrected chi connectivity index (χ0v) is 29.1. The molecule has 14 heteroatoms. The molecule has 2 heterocycles. The number of ketones is 1. The Hall–Kier alpha value is -3.00. The van der Waals surface area contributed by atoms with Crippen molar-refractivity contribution < 1.29 is 32.4 Å². The van der Waals surface area contributed by atoms with E-state index >= 15 is 0 Å². The molecule has 0 aromatic heterocycles. The second kappa shape index (κ2) is 15.3. The Morgan fingerprint density at radius 1 is 0.891 bits per heavy atom. The monoisotopic (exact) mass is 666 g/mol. The quantitative estimate of drug-likeness (QED) is 0.171. The Morgan fingerprint density at radius 2 is 1.57 bits per heavy atom. The van der Waals surface area contributed by atoms with Gasteiger partial charge in [-0.2, -0.15) is 4.31 Å². The summed E-state index contributed by atoms with van der Waals surface area (Å²) in [4.78, 5) is 68.0. The first-order chi connectivity index (χ1) is 21.3. The van der Waals surface area contributed by atoms with Crippen molar-refractivity contribution in [1.82, 2.24) is 30.5 Å². The van der Waals surface area contributed by atoms with Gasteiger partial charge in [-0.05, 0) is 42.4 Å². The molecule has 3 aliphatic rings. The lowest BCUT2D eigenvalue weighted by Gasteiger charge is -2.38. The first-order valence-electron chi connectivity index (χ1n) is 16.4. The Labute approximate surface area is 274 Å². The molecule has 2 saturated heterocycles. The van der Waals surface area contributed by atoms with Crippen LogP contribution in [0.4, 0.5) is 4.79 Å². The number of hydrogen-bond donors (Lipinski definition) is 4. The molecule has 2 aliphatic heterocycles. The Bertz CT molecular complexity index is 1270. The van der Waals surface area contributed by atoms with Crippen LogP contribution in [0.3, 0.4) is 0 Å². The average Bonchev–Trinajstić information content (AvgIpc) is 3.55. The highest BCUT2D eigenvalue weighted by Crippen LogP contribution is 2.31. The van der Waals surface area contributed by atoms with Gasteiger partial charge in [0.05, 0.1) is 11.8 Å². The highest BCUT2D eigenvalue weighted by atomic mass is 32.2. The van der Waals surface area contributed by atoms with Crippen LogP contribution in [0.15, 0.2) is 12.7 Å². The fourth-order valence-electron chi connectivity index (χ4n) is 6.06. The number of hydrogen-bond acceptors (Lipinski definition) is 7. The van der Waals surface area contributed by atoms with E-state index in [1.807, 2.05) is 41.5 Å². The summed E-state index contributed by atoms with van der Waals surface area (Å²) in [6, 6.07) is -4.01. The van der Waals surface area contributed by atoms with Crippen LogP contribution in [-0.4, -0.2) is 103 Å². The van der Waals surface area contributed by atoms with E-state index in [1.54, 1.807) is 0 Å². The predicted octanol–water partition coefficient (Wildman–Crippen LogP) is 1.69. The standard InChI is InChI=1S/C32H54N6O7S/c1-8-15-33-28(41)25(39)22(19-21-12-9-13-21)34-27(40)23-14-10-17-38(23)29(42)26(32(5,6)7)36-30(43)35-24(31(2,3)4)20-37-16-11-18-46(37,44)45/h8,21-24,26H,1,9-20H2,2-7H3,(H,33,41)(H,34,40)(H2,35,36,43)/t22?,23-,24+,26+/m0/s1. The van der Waals surface area contributed by atoms with Crippen molar-refractivity contribution in [3.8, 4) is 0 Å². The van der Waals surface area contributed by atoms with Crippen molar-refractivity contribution in [3.05, 3.63) is 12.7 Å². The third-order valence-corrected chi connectivity index (χ3v) is 11.1. The van der Waals surface area contributed by atoms with Gasteiger partial charge in [-0.15, -0.1) is 6.58 Å². The molecule has 4 N–H and O–H groups in total. The molecule has 0 radical (unpaired) electrons. The molecule has 0 aromatic carbocycles. The highest BCUT2D eigenvalue weighted by Gasteiger charge is 2.44. The van der Waals surface area contributed by atoms with Crippen LogP contribution < -0.4 is 21.3 Å². The van der Waals surface area contributed by atoms with Gasteiger partial charge >= 0.3 is 6.03 Å². The maximum absolute atomic E-state index is 14.0. The van der Waals surface area contributed by atoms with E-state index in [2.05, 4.69) is 27.8 Å². The summed E-state index contributed by atoms with van der Waals surface area (Å²) in [6.45, 7) is 15.7. The van der Waals surface area contributed by atoms with E-state index < -0.39 is 74.6 Å². The minimum absolute atomic E-state index is 0.0826. The van der Waals surface area contributed by atoms with E-state index in [-0.39, 0.29) is 24.8 Å². The predicted molar refractivity (Wildman–Crippen MR) is 175 cm³/mol. The fourth-order valence-corrected chi connectivity index (χ4v) is 7.59. The molecule has 0 bridgehead atoms. The number of amides is 5. The van der Waals surface area contributed by atoms with Crippen LogP contribution in [0, 0.1) is 16.7 Å². The van der Waals surface area contributed by atoms with Crippen molar-refractivity contribution in [1.29, 1.82) is 0 Å². The molecule has 3 fully saturated rings. The summed E-state index contributed by atoms with van der Waals surface area (Å²) in [5.41, 5.74) is -1.22. The molecule has 3 rings (SSSR count). The topological polar surface area (TPSA) is 174 Å². The van der Waals surface area contributed by atoms with E-state index in [0.29, 0.717) is 38.8 Å². The molecule has 0 spiro atoms. The van der Waals surface area contributed by atoms with E-state index in [9.17, 15) is 32.4 Å². The number of carbonyl (C=O) groups excluding carboxylic acids is 5. The van der Waals surface area contributed by atoms with Crippen LogP contribution >= 0.6 is 0 Å². The molecular formula is C32H54N6O7S. The van der Waals surface area contributed by atoms with E-state index in [1.165, 1.54) is 15.3 Å². The molecule has 260 valence electrons. The van der Waals surface area contributed by atoms with Crippen LogP contribution in [0.25, 0.3) is 0 Å². The van der Waals surface area contributed by atoms with Gasteiger partial charge in [0.25, 0.3) is 5.91 Å². The number of likely N-dealkylation sites (tertiary alicyclic amines) is 1. The highest BCUT2D eigenvalue weighted by molar-refractivity contribution is 7.89. The van der Waals surface area contributed by atoms with Crippen molar-refractivity contribution in [2.75, 3.05) is 31.9 Å². The second-order valence-electron chi connectivity index (χ2n) is 15.0. The second-order valence-corrected chi connectivity index (χ2v) is 17.1. The van der Waals surface area contributed by atoms with Crippen LogP contribution in [0.5, 0.6) is 0 Å². The molecular weight excluding hydrogens is 612 g/mol. The molecule has 1 aliphatic carbocycles. The molecule has 46 heavy (non-hydrogen) atoms. The summed E-state index contributed by atoms with van der Waals surface area (Å²) in [7, 11) is -3.38. The van der Waals surface area contributed by atoms with Crippen LogP contribution in [-0.2, 0) is 29.2 Å². The summed E-state index contributed by atoms with van der Waals surface area (Å²) in [5, 5.41) is 11.0. The lowest BCUT2D eigenvalue weighted by molar-refractivity contribution is -0.144.